The third-order valence-corrected chi connectivity index (χ3v) is 4.22. The summed E-state index contributed by atoms with van der Waals surface area (Å²) in [7, 11) is 0. The summed E-state index contributed by atoms with van der Waals surface area (Å²) in [5.74, 6) is 0.663. The number of aromatic nitrogens is 1. The monoisotopic (exact) mass is 296 g/mol. The van der Waals surface area contributed by atoms with E-state index in [1.165, 1.54) is 5.56 Å². The summed E-state index contributed by atoms with van der Waals surface area (Å²) in [6.07, 6.45) is 0. The van der Waals surface area contributed by atoms with Crippen LogP contribution in [0.1, 0.15) is 5.56 Å². The Morgan fingerprint density at radius 3 is 2.52 bits per heavy atom. The molecule has 0 N–H and O–H groups in total. The van der Waals surface area contributed by atoms with Crippen molar-refractivity contribution in [2.75, 3.05) is 0 Å². The summed E-state index contributed by atoms with van der Waals surface area (Å²) in [4.78, 5) is 15.5. The molecule has 1 heterocycles. The minimum absolute atomic E-state index is 0.107. The summed E-state index contributed by atoms with van der Waals surface area (Å²) in [5, 5.41) is 12.0. The number of nitrogens with zero attached hydrogens (tertiary/aromatic N) is 2. The molecule has 3 aromatic rings. The van der Waals surface area contributed by atoms with Crippen LogP contribution in [0, 0.1) is 10.1 Å². The van der Waals surface area contributed by atoms with Crippen molar-refractivity contribution in [2.45, 2.75) is 10.6 Å². The van der Waals surface area contributed by atoms with Gasteiger partial charge in [-0.1, -0.05) is 42.5 Å². The second-order valence-electron chi connectivity index (χ2n) is 4.53. The molecule has 104 valence electrons. The van der Waals surface area contributed by atoms with E-state index in [0.717, 1.165) is 16.0 Å². The van der Waals surface area contributed by atoms with Crippen molar-refractivity contribution in [1.82, 2.24) is 4.98 Å². The van der Waals surface area contributed by atoms with E-state index in [1.54, 1.807) is 23.9 Å². The lowest BCUT2D eigenvalue weighted by Gasteiger charge is -2.05. The molecule has 0 aliphatic rings. The third kappa shape index (κ3) is 3.03. The molecule has 0 amide bonds. The number of fused-ring (bicyclic) bond motifs is 1. The van der Waals surface area contributed by atoms with Gasteiger partial charge in [0, 0.05) is 16.0 Å². The molecular weight excluding hydrogens is 284 g/mol. The van der Waals surface area contributed by atoms with E-state index >= 15 is 0 Å². The van der Waals surface area contributed by atoms with E-state index in [0.29, 0.717) is 5.52 Å². The smallest absolute Gasteiger partial charge is 0.358 e. The topological polar surface area (TPSA) is 56.0 Å². The number of rotatable bonds is 4. The summed E-state index contributed by atoms with van der Waals surface area (Å²) < 4.78 is 0. The highest BCUT2D eigenvalue weighted by Crippen LogP contribution is 2.32. The van der Waals surface area contributed by atoms with Gasteiger partial charge in [0.2, 0.25) is 0 Å². The van der Waals surface area contributed by atoms with Crippen LogP contribution in [0.3, 0.4) is 0 Å². The van der Waals surface area contributed by atoms with Crippen molar-refractivity contribution in [3.8, 4) is 0 Å². The van der Waals surface area contributed by atoms with E-state index in [2.05, 4.69) is 4.98 Å². The predicted octanol–water partition coefficient (Wildman–Crippen LogP) is 4.44. The minimum Gasteiger partial charge on any atom is -0.358 e. The Labute approximate surface area is 126 Å². The Morgan fingerprint density at radius 2 is 1.76 bits per heavy atom. The van der Waals surface area contributed by atoms with Gasteiger partial charge in [0.05, 0.1) is 6.07 Å². The summed E-state index contributed by atoms with van der Waals surface area (Å²) in [6, 6.07) is 19.1. The average Bonchev–Trinajstić information content (AvgIpc) is 2.53. The number of benzene rings is 2. The van der Waals surface area contributed by atoms with Crippen LogP contribution in [0.25, 0.3) is 10.9 Å². The molecule has 0 unspecified atom stereocenters. The largest absolute Gasteiger partial charge is 0.365 e. The highest BCUT2D eigenvalue weighted by atomic mass is 32.2. The molecule has 0 bridgehead atoms. The Bertz CT molecular complexity index is 791. The summed E-state index contributed by atoms with van der Waals surface area (Å²) >= 11 is 1.59. The molecule has 0 saturated heterocycles. The maximum absolute atomic E-state index is 11.0. The molecule has 0 aliphatic heterocycles. The van der Waals surface area contributed by atoms with E-state index in [1.807, 2.05) is 48.5 Å². The lowest BCUT2D eigenvalue weighted by atomic mass is 10.2. The van der Waals surface area contributed by atoms with Crippen LogP contribution >= 0.6 is 11.8 Å². The van der Waals surface area contributed by atoms with Crippen LogP contribution in [0.2, 0.25) is 0 Å². The average molecular weight is 296 g/mol. The van der Waals surface area contributed by atoms with Gasteiger partial charge in [-0.05, 0) is 27.6 Å². The molecule has 0 spiro atoms. The molecule has 0 atom stereocenters. The standard InChI is InChI=1S/C16H12N2O2S/c19-18(20)16-10-15(13-8-4-5-9-14(13)17-16)21-11-12-6-2-1-3-7-12/h1-10H,11H2. The maximum atomic E-state index is 11.0. The van der Waals surface area contributed by atoms with Gasteiger partial charge in [0.15, 0.2) is 5.52 Å². The lowest BCUT2D eigenvalue weighted by molar-refractivity contribution is -0.389. The molecule has 5 heteroatoms. The van der Waals surface area contributed by atoms with Crippen molar-refractivity contribution in [3.05, 3.63) is 76.3 Å². The van der Waals surface area contributed by atoms with Crippen LogP contribution < -0.4 is 0 Å². The Kier molecular flexibility index (Phi) is 3.83. The number of pyridine rings is 1. The van der Waals surface area contributed by atoms with Gasteiger partial charge in [-0.25, -0.2) is 0 Å². The van der Waals surface area contributed by atoms with Gasteiger partial charge in [-0.15, -0.1) is 11.8 Å². The molecule has 0 saturated carbocycles. The number of hydrogen-bond acceptors (Lipinski definition) is 4. The molecule has 2 aromatic carbocycles. The zero-order chi connectivity index (χ0) is 14.7. The minimum atomic E-state index is -0.445. The molecule has 0 aliphatic carbocycles. The van der Waals surface area contributed by atoms with E-state index in [-0.39, 0.29) is 5.82 Å². The second-order valence-corrected chi connectivity index (χ2v) is 5.54. The van der Waals surface area contributed by atoms with E-state index < -0.39 is 4.92 Å². The maximum Gasteiger partial charge on any atom is 0.365 e. The first-order chi connectivity index (χ1) is 10.2. The van der Waals surface area contributed by atoms with E-state index in [4.69, 9.17) is 0 Å². The van der Waals surface area contributed by atoms with Crippen molar-refractivity contribution in [1.29, 1.82) is 0 Å². The van der Waals surface area contributed by atoms with Crippen LogP contribution in [0.5, 0.6) is 0 Å². The van der Waals surface area contributed by atoms with Gasteiger partial charge >= 0.3 is 5.82 Å². The Balaban J connectivity index is 1.98. The van der Waals surface area contributed by atoms with Crippen molar-refractivity contribution in [3.63, 3.8) is 0 Å². The molecule has 4 nitrogen and oxygen atoms in total. The lowest BCUT2D eigenvalue weighted by Crippen LogP contribution is -1.94. The summed E-state index contributed by atoms with van der Waals surface area (Å²) in [6.45, 7) is 0. The Hall–Kier alpha value is -2.40. The first kappa shape index (κ1) is 13.6. The van der Waals surface area contributed by atoms with Crippen molar-refractivity contribution in [2.24, 2.45) is 0 Å². The SMILES string of the molecule is O=[N+]([O-])c1cc(SCc2ccccc2)c2ccccc2n1. The van der Waals surface area contributed by atoms with Crippen LogP contribution in [-0.4, -0.2) is 9.91 Å². The van der Waals surface area contributed by atoms with Crippen LogP contribution in [0.15, 0.2) is 65.6 Å². The normalized spacial score (nSPS) is 10.7. The molecule has 21 heavy (non-hydrogen) atoms. The first-order valence-electron chi connectivity index (χ1n) is 6.45. The summed E-state index contributed by atoms with van der Waals surface area (Å²) in [5.41, 5.74) is 1.84. The zero-order valence-corrected chi connectivity index (χ0v) is 11.9. The van der Waals surface area contributed by atoms with Crippen molar-refractivity contribution < 1.29 is 4.92 Å². The van der Waals surface area contributed by atoms with E-state index in [9.17, 15) is 10.1 Å². The Morgan fingerprint density at radius 1 is 1.05 bits per heavy atom. The highest BCUT2D eigenvalue weighted by Gasteiger charge is 2.14. The number of nitro groups is 1. The fraction of sp³-hybridized carbons (Fsp3) is 0.0625. The molecular formula is C16H12N2O2S. The highest BCUT2D eigenvalue weighted by molar-refractivity contribution is 7.98. The number of thioether (sulfide) groups is 1. The van der Waals surface area contributed by atoms with Crippen LogP contribution in [-0.2, 0) is 5.75 Å². The first-order valence-corrected chi connectivity index (χ1v) is 7.43. The van der Waals surface area contributed by atoms with Crippen molar-refractivity contribution >= 4 is 28.5 Å². The van der Waals surface area contributed by atoms with Gasteiger partial charge < -0.3 is 10.1 Å². The second kappa shape index (κ2) is 5.93. The van der Waals surface area contributed by atoms with Gasteiger partial charge in [0.1, 0.15) is 0 Å². The molecule has 3 rings (SSSR count). The van der Waals surface area contributed by atoms with Crippen LogP contribution in [0.4, 0.5) is 5.82 Å². The van der Waals surface area contributed by atoms with Gasteiger partial charge in [0.25, 0.3) is 0 Å². The number of hydrogen-bond donors (Lipinski definition) is 0. The quantitative estimate of drug-likeness (QED) is 0.406. The third-order valence-electron chi connectivity index (χ3n) is 3.09. The fourth-order valence-electron chi connectivity index (χ4n) is 2.08. The zero-order valence-electron chi connectivity index (χ0n) is 11.1. The molecule has 0 fully saturated rings. The number of para-hydroxylation sites is 1. The van der Waals surface area contributed by atoms with Gasteiger partial charge in [-0.3, -0.25) is 0 Å². The van der Waals surface area contributed by atoms with Gasteiger partial charge in [-0.2, -0.15) is 0 Å². The predicted molar refractivity (Wildman–Crippen MR) is 84.4 cm³/mol. The molecule has 0 radical (unpaired) electrons. The fourth-order valence-corrected chi connectivity index (χ4v) is 3.11. The molecule has 1 aromatic heterocycles.